The Balaban J connectivity index is 0.00000176. The van der Waals surface area contributed by atoms with Crippen LogP contribution in [0.4, 0.5) is 0 Å². The molecule has 0 amide bonds. The molecule has 1 unspecified atom stereocenters. The van der Waals surface area contributed by atoms with Crippen molar-refractivity contribution in [3.05, 3.63) is 22.4 Å². The molecule has 0 aromatic carbocycles. The summed E-state index contributed by atoms with van der Waals surface area (Å²) in [6, 6.07) is 2.72. The molecule has 1 aromatic heterocycles. The summed E-state index contributed by atoms with van der Waals surface area (Å²) in [6.07, 6.45) is 5.04. The fourth-order valence-electron chi connectivity index (χ4n) is 3.55. The lowest BCUT2D eigenvalue weighted by Crippen LogP contribution is -2.37. The normalized spacial score (nSPS) is 23.5. The molecule has 1 aromatic rings. The number of nitrogens with zero attached hydrogens (tertiary/aromatic N) is 1. The first-order valence-corrected chi connectivity index (χ1v) is 10.6. The van der Waals surface area contributed by atoms with E-state index in [2.05, 4.69) is 27.0 Å². The molecule has 4 nitrogen and oxygen atoms in total. The number of nitrogens with one attached hydrogen (secondary N) is 1. The predicted molar refractivity (Wildman–Crippen MR) is 94.6 cm³/mol. The molecule has 1 spiro atoms. The summed E-state index contributed by atoms with van der Waals surface area (Å²) in [4.78, 5) is 2.41. The van der Waals surface area contributed by atoms with Crippen molar-refractivity contribution in [1.82, 2.24) is 10.2 Å². The Bertz CT molecular complexity index is 568. The van der Waals surface area contributed by atoms with Crippen molar-refractivity contribution in [2.24, 2.45) is 5.41 Å². The maximum atomic E-state index is 11.5. The van der Waals surface area contributed by atoms with Gasteiger partial charge in [-0.2, -0.15) is 11.3 Å². The Morgan fingerprint density at radius 1 is 1.41 bits per heavy atom. The van der Waals surface area contributed by atoms with Crippen molar-refractivity contribution < 1.29 is 8.42 Å². The Morgan fingerprint density at radius 2 is 2.14 bits per heavy atom. The Hall–Kier alpha value is -0.140. The lowest BCUT2D eigenvalue weighted by atomic mass is 9.93. The third kappa shape index (κ3) is 4.45. The Labute approximate surface area is 143 Å². The second-order valence-electron chi connectivity index (χ2n) is 6.56. The van der Waals surface area contributed by atoms with Crippen molar-refractivity contribution in [1.29, 1.82) is 0 Å². The molecule has 1 saturated carbocycles. The van der Waals surface area contributed by atoms with E-state index in [4.69, 9.17) is 0 Å². The summed E-state index contributed by atoms with van der Waals surface area (Å²) in [5.41, 5.74) is 1.77. The van der Waals surface area contributed by atoms with Gasteiger partial charge in [-0.15, -0.1) is 12.4 Å². The molecule has 0 bridgehead atoms. The summed E-state index contributed by atoms with van der Waals surface area (Å²) >= 11 is 1.71. The summed E-state index contributed by atoms with van der Waals surface area (Å²) in [5.74, 6) is 0.266. The molecule has 126 valence electrons. The van der Waals surface area contributed by atoms with E-state index in [0.29, 0.717) is 18.0 Å². The molecule has 0 radical (unpaired) electrons. The van der Waals surface area contributed by atoms with E-state index >= 15 is 0 Å². The number of hydrogen-bond donors (Lipinski definition) is 1. The minimum absolute atomic E-state index is 0. The first kappa shape index (κ1) is 18.2. The second kappa shape index (κ2) is 7.18. The Kier molecular flexibility index (Phi) is 5.94. The van der Waals surface area contributed by atoms with Gasteiger partial charge in [-0.3, -0.25) is 4.90 Å². The number of hydrogen-bond acceptors (Lipinski definition) is 5. The minimum Gasteiger partial charge on any atom is -0.317 e. The molecule has 7 heteroatoms. The van der Waals surface area contributed by atoms with Crippen LogP contribution in [0.25, 0.3) is 0 Å². The molecule has 2 aliphatic rings. The third-order valence-corrected chi connectivity index (χ3v) is 6.56. The van der Waals surface area contributed by atoms with E-state index < -0.39 is 9.84 Å². The highest BCUT2D eigenvalue weighted by Gasteiger charge is 2.56. The van der Waals surface area contributed by atoms with E-state index in [0.717, 1.165) is 19.6 Å². The summed E-state index contributed by atoms with van der Waals surface area (Å²) in [6.45, 7) is 3.76. The van der Waals surface area contributed by atoms with Crippen molar-refractivity contribution >= 4 is 33.6 Å². The fraction of sp³-hybridized carbons (Fsp3) is 0.733. The Morgan fingerprint density at radius 3 is 2.73 bits per heavy atom. The van der Waals surface area contributed by atoms with Gasteiger partial charge in [0, 0.05) is 25.4 Å². The SMILES string of the molecule is CS(=O)(=O)CCN(Cc1ccsc1)C1CC12CCNCC2.Cl. The van der Waals surface area contributed by atoms with Gasteiger partial charge >= 0.3 is 0 Å². The molecule has 1 atom stereocenters. The highest BCUT2D eigenvalue weighted by atomic mass is 35.5. The quantitative estimate of drug-likeness (QED) is 0.840. The molecule has 3 rings (SSSR count). The second-order valence-corrected chi connectivity index (χ2v) is 9.60. The first-order valence-electron chi connectivity index (χ1n) is 7.62. The van der Waals surface area contributed by atoms with Crippen LogP contribution in [0.5, 0.6) is 0 Å². The number of rotatable bonds is 6. The largest absolute Gasteiger partial charge is 0.317 e. The number of thiophene rings is 1. The smallest absolute Gasteiger partial charge is 0.148 e. The predicted octanol–water partition coefficient (Wildman–Crippen LogP) is 2.16. The summed E-state index contributed by atoms with van der Waals surface area (Å²) in [7, 11) is -2.90. The zero-order chi connectivity index (χ0) is 14.9. The van der Waals surface area contributed by atoms with Gasteiger partial charge in [0.1, 0.15) is 9.84 Å². The van der Waals surface area contributed by atoms with E-state index in [1.807, 2.05) is 0 Å². The van der Waals surface area contributed by atoms with Crippen LogP contribution in [0.2, 0.25) is 0 Å². The van der Waals surface area contributed by atoms with Gasteiger partial charge in [-0.1, -0.05) is 0 Å². The summed E-state index contributed by atoms with van der Waals surface area (Å²) in [5, 5.41) is 7.69. The standard InChI is InChI=1S/C15H24N2O2S2.ClH/c1-21(18,19)9-7-17(11-13-2-8-20-12-13)14-10-15(14)3-5-16-6-4-15;/h2,8,12,14,16H,3-7,9-11H2,1H3;1H. The monoisotopic (exact) mass is 364 g/mol. The van der Waals surface area contributed by atoms with Crippen LogP contribution in [0, 0.1) is 5.41 Å². The number of piperidine rings is 1. The topological polar surface area (TPSA) is 49.4 Å². The van der Waals surface area contributed by atoms with E-state index in [1.54, 1.807) is 11.3 Å². The zero-order valence-electron chi connectivity index (χ0n) is 13.0. The maximum absolute atomic E-state index is 11.5. The van der Waals surface area contributed by atoms with Crippen LogP contribution in [0.15, 0.2) is 16.8 Å². The third-order valence-electron chi connectivity index (χ3n) is 4.90. The van der Waals surface area contributed by atoms with Crippen molar-refractivity contribution in [2.75, 3.05) is 31.6 Å². The van der Waals surface area contributed by atoms with Gasteiger partial charge in [0.25, 0.3) is 0 Å². The highest BCUT2D eigenvalue weighted by molar-refractivity contribution is 7.90. The molecule has 1 aliphatic carbocycles. The van der Waals surface area contributed by atoms with Gasteiger partial charge in [0.15, 0.2) is 0 Å². The van der Waals surface area contributed by atoms with Crippen LogP contribution >= 0.6 is 23.7 Å². The van der Waals surface area contributed by atoms with Crippen molar-refractivity contribution in [3.63, 3.8) is 0 Å². The lowest BCUT2D eigenvalue weighted by Gasteiger charge is -2.29. The molecular weight excluding hydrogens is 340 g/mol. The average molecular weight is 365 g/mol. The van der Waals surface area contributed by atoms with Crippen molar-refractivity contribution in [3.8, 4) is 0 Å². The van der Waals surface area contributed by atoms with Crippen molar-refractivity contribution in [2.45, 2.75) is 31.8 Å². The molecule has 1 N–H and O–H groups in total. The molecule has 2 fully saturated rings. The average Bonchev–Trinajstić information content (AvgIpc) is 2.87. The lowest BCUT2D eigenvalue weighted by molar-refractivity contribution is 0.205. The van der Waals surface area contributed by atoms with Gasteiger partial charge in [0.2, 0.25) is 0 Å². The van der Waals surface area contributed by atoms with E-state index in [-0.39, 0.29) is 18.2 Å². The molecular formula is C15H25ClN2O2S2. The van der Waals surface area contributed by atoms with Gasteiger partial charge < -0.3 is 5.32 Å². The van der Waals surface area contributed by atoms with Crippen LogP contribution in [0.1, 0.15) is 24.8 Å². The summed E-state index contributed by atoms with van der Waals surface area (Å²) < 4.78 is 23.0. The van der Waals surface area contributed by atoms with E-state index in [9.17, 15) is 8.42 Å². The molecule has 1 saturated heterocycles. The van der Waals surface area contributed by atoms with E-state index in [1.165, 1.54) is 31.1 Å². The number of sulfone groups is 1. The van der Waals surface area contributed by atoms with Crippen LogP contribution < -0.4 is 5.32 Å². The van der Waals surface area contributed by atoms with Crippen LogP contribution in [-0.4, -0.2) is 51.0 Å². The first-order chi connectivity index (χ1) is 9.99. The fourth-order valence-corrected chi connectivity index (χ4v) is 4.78. The van der Waals surface area contributed by atoms with Gasteiger partial charge in [-0.05, 0) is 60.2 Å². The maximum Gasteiger partial charge on any atom is 0.148 e. The van der Waals surface area contributed by atoms with Gasteiger partial charge in [-0.25, -0.2) is 8.42 Å². The number of halogens is 1. The van der Waals surface area contributed by atoms with Crippen LogP contribution in [-0.2, 0) is 16.4 Å². The zero-order valence-corrected chi connectivity index (χ0v) is 15.4. The molecule has 2 heterocycles. The highest BCUT2D eigenvalue weighted by Crippen LogP contribution is 2.55. The van der Waals surface area contributed by atoms with Crippen LogP contribution in [0.3, 0.4) is 0 Å². The van der Waals surface area contributed by atoms with Gasteiger partial charge in [0.05, 0.1) is 5.75 Å². The molecule has 22 heavy (non-hydrogen) atoms. The minimum atomic E-state index is -2.90. The molecule has 1 aliphatic heterocycles.